The van der Waals surface area contributed by atoms with E-state index in [9.17, 15) is 8.78 Å². The summed E-state index contributed by atoms with van der Waals surface area (Å²) in [4.78, 5) is 2.48. The zero-order valence-electron chi connectivity index (χ0n) is 11.6. The van der Waals surface area contributed by atoms with Gasteiger partial charge in [-0.1, -0.05) is 13.8 Å². The van der Waals surface area contributed by atoms with Gasteiger partial charge in [-0.2, -0.15) is 0 Å². The molecular formula is C14H26F2N2. The third-order valence-electron chi connectivity index (χ3n) is 4.98. The SMILES string of the molecule is CCC1(CC)CNCCN1CC1CCC(F)(F)C1. The molecule has 0 bridgehead atoms. The highest BCUT2D eigenvalue weighted by molar-refractivity contribution is 4.96. The normalized spacial score (nSPS) is 31.7. The van der Waals surface area contributed by atoms with Crippen LogP contribution in [0.3, 0.4) is 0 Å². The van der Waals surface area contributed by atoms with E-state index in [1.165, 1.54) is 0 Å². The minimum atomic E-state index is -2.40. The van der Waals surface area contributed by atoms with Gasteiger partial charge in [-0.25, -0.2) is 8.78 Å². The lowest BCUT2D eigenvalue weighted by Crippen LogP contribution is -2.61. The first-order valence-electron chi connectivity index (χ1n) is 7.35. The third-order valence-corrected chi connectivity index (χ3v) is 4.98. The van der Waals surface area contributed by atoms with Crippen LogP contribution in [0, 0.1) is 5.92 Å². The number of nitrogens with one attached hydrogen (secondary N) is 1. The zero-order chi connectivity index (χ0) is 13.2. The van der Waals surface area contributed by atoms with Crippen LogP contribution in [0.25, 0.3) is 0 Å². The molecule has 106 valence electrons. The molecule has 0 radical (unpaired) electrons. The molecule has 2 fully saturated rings. The molecule has 1 unspecified atom stereocenters. The van der Waals surface area contributed by atoms with E-state index in [2.05, 4.69) is 24.1 Å². The number of hydrogen-bond donors (Lipinski definition) is 1. The Morgan fingerprint density at radius 2 is 2.00 bits per heavy atom. The molecule has 2 rings (SSSR count). The van der Waals surface area contributed by atoms with Crippen molar-refractivity contribution in [2.45, 2.75) is 57.4 Å². The van der Waals surface area contributed by atoms with Gasteiger partial charge in [0.25, 0.3) is 0 Å². The molecule has 1 N–H and O–H groups in total. The number of piperazine rings is 1. The predicted octanol–water partition coefficient (Wildman–Crippen LogP) is 2.89. The van der Waals surface area contributed by atoms with E-state index in [0.717, 1.165) is 39.0 Å². The Hall–Kier alpha value is -0.220. The highest BCUT2D eigenvalue weighted by Crippen LogP contribution is 2.40. The van der Waals surface area contributed by atoms with Gasteiger partial charge in [0.1, 0.15) is 0 Å². The maximum Gasteiger partial charge on any atom is 0.248 e. The van der Waals surface area contributed by atoms with E-state index in [1.54, 1.807) is 0 Å². The van der Waals surface area contributed by atoms with Crippen LogP contribution in [0.15, 0.2) is 0 Å². The van der Waals surface area contributed by atoms with Gasteiger partial charge in [0.05, 0.1) is 0 Å². The van der Waals surface area contributed by atoms with Gasteiger partial charge < -0.3 is 5.32 Å². The van der Waals surface area contributed by atoms with Gasteiger partial charge >= 0.3 is 0 Å². The van der Waals surface area contributed by atoms with Gasteiger partial charge in [0.15, 0.2) is 0 Å². The maximum atomic E-state index is 13.3. The molecule has 1 aliphatic heterocycles. The number of rotatable bonds is 4. The second-order valence-corrected chi connectivity index (χ2v) is 6.02. The molecule has 4 heteroatoms. The minimum Gasteiger partial charge on any atom is -0.314 e. The third kappa shape index (κ3) is 2.85. The number of hydrogen-bond acceptors (Lipinski definition) is 2. The van der Waals surface area contributed by atoms with Gasteiger partial charge in [-0.3, -0.25) is 4.90 Å². The van der Waals surface area contributed by atoms with Gasteiger partial charge in [-0.15, -0.1) is 0 Å². The van der Waals surface area contributed by atoms with Crippen LogP contribution < -0.4 is 5.32 Å². The standard InChI is InChI=1S/C14H26F2N2/c1-3-13(4-2)11-17-7-8-18(13)10-12-5-6-14(15,16)9-12/h12,17H,3-11H2,1-2H3. The summed E-state index contributed by atoms with van der Waals surface area (Å²) in [6, 6.07) is 0. The van der Waals surface area contributed by atoms with E-state index in [4.69, 9.17) is 0 Å². The Morgan fingerprint density at radius 3 is 2.56 bits per heavy atom. The van der Waals surface area contributed by atoms with E-state index in [-0.39, 0.29) is 24.3 Å². The van der Waals surface area contributed by atoms with E-state index < -0.39 is 5.92 Å². The van der Waals surface area contributed by atoms with Gasteiger partial charge in [0, 0.05) is 44.6 Å². The van der Waals surface area contributed by atoms with Gasteiger partial charge in [0.2, 0.25) is 5.92 Å². The fraction of sp³-hybridized carbons (Fsp3) is 1.00. The van der Waals surface area contributed by atoms with Crippen molar-refractivity contribution in [3.63, 3.8) is 0 Å². The maximum absolute atomic E-state index is 13.3. The van der Waals surface area contributed by atoms with Crippen LogP contribution in [0.2, 0.25) is 0 Å². The zero-order valence-corrected chi connectivity index (χ0v) is 11.6. The topological polar surface area (TPSA) is 15.3 Å². The molecule has 2 nitrogen and oxygen atoms in total. The lowest BCUT2D eigenvalue weighted by atomic mass is 9.87. The quantitative estimate of drug-likeness (QED) is 0.836. The number of nitrogens with zero attached hydrogens (tertiary/aromatic N) is 1. The van der Waals surface area contributed by atoms with Crippen LogP contribution in [-0.4, -0.2) is 42.5 Å². The van der Waals surface area contributed by atoms with Crippen LogP contribution >= 0.6 is 0 Å². The highest BCUT2D eigenvalue weighted by Gasteiger charge is 2.43. The average Bonchev–Trinajstić information content (AvgIpc) is 2.70. The predicted molar refractivity (Wildman–Crippen MR) is 70.0 cm³/mol. The van der Waals surface area contributed by atoms with Crippen molar-refractivity contribution in [2.75, 3.05) is 26.2 Å². The Labute approximate surface area is 109 Å². The molecule has 0 aromatic rings. The fourth-order valence-corrected chi connectivity index (χ4v) is 3.63. The summed E-state index contributed by atoms with van der Waals surface area (Å²) in [5.74, 6) is -2.21. The fourth-order valence-electron chi connectivity index (χ4n) is 3.63. The smallest absolute Gasteiger partial charge is 0.248 e. The molecule has 0 aromatic carbocycles. The largest absolute Gasteiger partial charge is 0.314 e. The van der Waals surface area contributed by atoms with Crippen molar-refractivity contribution in [1.29, 1.82) is 0 Å². The van der Waals surface area contributed by atoms with Crippen molar-refractivity contribution in [2.24, 2.45) is 5.92 Å². The first-order chi connectivity index (χ1) is 8.51. The molecular weight excluding hydrogens is 234 g/mol. The van der Waals surface area contributed by atoms with E-state index in [1.807, 2.05) is 0 Å². The Bertz CT molecular complexity index is 277. The molecule has 1 saturated carbocycles. The summed E-state index contributed by atoms with van der Waals surface area (Å²) in [6.07, 6.45) is 3.08. The molecule has 18 heavy (non-hydrogen) atoms. The number of alkyl halides is 2. The number of halogens is 2. The lowest BCUT2D eigenvalue weighted by Gasteiger charge is -2.48. The minimum absolute atomic E-state index is 0.0923. The monoisotopic (exact) mass is 260 g/mol. The van der Waals surface area contributed by atoms with E-state index >= 15 is 0 Å². The molecule has 2 aliphatic rings. The van der Waals surface area contributed by atoms with Gasteiger partial charge in [-0.05, 0) is 25.2 Å². The summed E-state index contributed by atoms with van der Waals surface area (Å²) >= 11 is 0. The summed E-state index contributed by atoms with van der Waals surface area (Å²) in [6.45, 7) is 8.29. The summed E-state index contributed by atoms with van der Waals surface area (Å²) in [5, 5.41) is 3.46. The Morgan fingerprint density at radius 1 is 1.28 bits per heavy atom. The molecule has 0 spiro atoms. The lowest BCUT2D eigenvalue weighted by molar-refractivity contribution is -0.00401. The first kappa shape index (κ1) is 14.2. The van der Waals surface area contributed by atoms with Crippen LogP contribution in [-0.2, 0) is 0 Å². The molecule has 1 saturated heterocycles. The summed E-state index contributed by atoms with van der Waals surface area (Å²) in [7, 11) is 0. The van der Waals surface area contributed by atoms with Crippen LogP contribution in [0.1, 0.15) is 46.0 Å². The molecule has 1 heterocycles. The highest BCUT2D eigenvalue weighted by atomic mass is 19.3. The Balaban J connectivity index is 1.98. The Kier molecular flexibility index (Phi) is 4.27. The average molecular weight is 260 g/mol. The second-order valence-electron chi connectivity index (χ2n) is 6.02. The molecule has 0 amide bonds. The van der Waals surface area contributed by atoms with Crippen molar-refractivity contribution >= 4 is 0 Å². The molecule has 0 aromatic heterocycles. The van der Waals surface area contributed by atoms with Crippen LogP contribution in [0.4, 0.5) is 8.78 Å². The summed E-state index contributed by atoms with van der Waals surface area (Å²) < 4.78 is 26.5. The van der Waals surface area contributed by atoms with Crippen molar-refractivity contribution in [1.82, 2.24) is 10.2 Å². The van der Waals surface area contributed by atoms with Crippen molar-refractivity contribution in [3.8, 4) is 0 Å². The van der Waals surface area contributed by atoms with Crippen LogP contribution in [0.5, 0.6) is 0 Å². The van der Waals surface area contributed by atoms with E-state index in [0.29, 0.717) is 6.42 Å². The van der Waals surface area contributed by atoms with Crippen molar-refractivity contribution < 1.29 is 8.78 Å². The molecule has 1 aliphatic carbocycles. The van der Waals surface area contributed by atoms with Crippen molar-refractivity contribution in [3.05, 3.63) is 0 Å². The second kappa shape index (κ2) is 5.41. The summed E-state index contributed by atoms with van der Waals surface area (Å²) in [5.41, 5.74) is 0.191. The molecule has 1 atom stereocenters. The first-order valence-corrected chi connectivity index (χ1v) is 7.35.